The number of hydrogen-bond donors (Lipinski definition) is 1. The maximum atomic E-state index is 12.2. The summed E-state index contributed by atoms with van der Waals surface area (Å²) in [6.45, 7) is 20.0. The highest BCUT2D eigenvalue weighted by Crippen LogP contribution is 2.71. The highest BCUT2D eigenvalue weighted by molar-refractivity contribution is 5.70. The molecule has 0 bridgehead atoms. The molecule has 5 fully saturated rings. The van der Waals surface area contributed by atoms with Gasteiger partial charge in [0.15, 0.2) is 0 Å². The van der Waals surface area contributed by atoms with Gasteiger partial charge < -0.3 is 5.11 Å². The number of aromatic nitrogens is 2. The molecule has 1 heterocycles. The van der Waals surface area contributed by atoms with E-state index in [9.17, 15) is 5.11 Å². The molecule has 0 amide bonds. The van der Waals surface area contributed by atoms with Crippen molar-refractivity contribution in [3.63, 3.8) is 0 Å². The van der Waals surface area contributed by atoms with Crippen molar-refractivity contribution in [2.45, 2.75) is 97.1 Å². The molecule has 3 heteroatoms. The van der Waals surface area contributed by atoms with Crippen LogP contribution < -0.4 is 0 Å². The highest BCUT2D eigenvalue weighted by Gasteiger charge is 2.66. The number of hydrogen-bond acceptors (Lipinski definition) is 2. The first-order chi connectivity index (χ1) is 17.6. The average molecular weight is 503 g/mol. The highest BCUT2D eigenvalue weighted by atomic mass is 16.3. The van der Waals surface area contributed by atoms with E-state index in [2.05, 4.69) is 51.7 Å². The third kappa shape index (κ3) is 4.05. The minimum atomic E-state index is -0.776. The van der Waals surface area contributed by atoms with Crippen LogP contribution in [0.25, 0.3) is 5.57 Å². The average Bonchev–Trinajstić information content (AvgIpc) is 3.52. The monoisotopic (exact) mass is 502 g/mol. The van der Waals surface area contributed by atoms with Gasteiger partial charge in [0.25, 0.3) is 0 Å². The quantitative estimate of drug-likeness (QED) is 0.304. The van der Waals surface area contributed by atoms with Crippen LogP contribution in [0.1, 0.15) is 90.5 Å². The molecule has 0 radical (unpaired) electrons. The minimum absolute atomic E-state index is 0.217. The van der Waals surface area contributed by atoms with Gasteiger partial charge in [0.05, 0.1) is 18.3 Å². The van der Waals surface area contributed by atoms with Gasteiger partial charge in [0.1, 0.15) is 0 Å². The molecule has 0 aromatic carbocycles. The van der Waals surface area contributed by atoms with Gasteiger partial charge in [0, 0.05) is 11.8 Å². The summed E-state index contributed by atoms with van der Waals surface area (Å²) in [4.78, 5) is 0. The summed E-state index contributed by atoms with van der Waals surface area (Å²) >= 11 is 0. The van der Waals surface area contributed by atoms with Gasteiger partial charge in [-0.05, 0) is 128 Å². The smallest absolute Gasteiger partial charge is 0.0848 e. The Hall–Kier alpha value is -1.61. The van der Waals surface area contributed by atoms with Gasteiger partial charge in [-0.2, -0.15) is 5.10 Å². The van der Waals surface area contributed by atoms with E-state index < -0.39 is 5.60 Å². The normalized spacial score (nSPS) is 44.7. The van der Waals surface area contributed by atoms with E-state index >= 15 is 0 Å². The molecule has 202 valence electrons. The molecule has 1 aromatic rings. The van der Waals surface area contributed by atoms with Crippen LogP contribution in [0.2, 0.25) is 0 Å². The van der Waals surface area contributed by atoms with Crippen molar-refractivity contribution < 1.29 is 5.11 Å². The lowest BCUT2D eigenvalue weighted by Gasteiger charge is -2.61. The Morgan fingerprint density at radius 2 is 1.89 bits per heavy atom. The van der Waals surface area contributed by atoms with Crippen LogP contribution in [-0.4, -0.2) is 20.5 Å². The zero-order chi connectivity index (χ0) is 26.2. The lowest BCUT2D eigenvalue weighted by molar-refractivity contribution is -0.130. The van der Waals surface area contributed by atoms with Gasteiger partial charge in [-0.25, -0.2) is 0 Å². The maximum Gasteiger partial charge on any atom is 0.0848 e. The van der Waals surface area contributed by atoms with Crippen LogP contribution in [0.15, 0.2) is 44.3 Å². The Labute approximate surface area is 225 Å². The second kappa shape index (κ2) is 8.97. The Morgan fingerprint density at radius 1 is 1.14 bits per heavy atom. The van der Waals surface area contributed by atoms with Crippen molar-refractivity contribution in [1.29, 1.82) is 0 Å². The van der Waals surface area contributed by atoms with E-state index in [1.807, 2.05) is 17.1 Å². The zero-order valence-electron chi connectivity index (χ0n) is 23.7. The van der Waals surface area contributed by atoms with Crippen molar-refractivity contribution in [1.82, 2.24) is 9.78 Å². The fourth-order valence-corrected chi connectivity index (χ4v) is 10.9. The van der Waals surface area contributed by atoms with Crippen LogP contribution in [0.5, 0.6) is 0 Å². The molecule has 0 saturated heterocycles. The van der Waals surface area contributed by atoms with Gasteiger partial charge in [-0.3, -0.25) is 4.68 Å². The van der Waals surface area contributed by atoms with E-state index in [-0.39, 0.29) is 5.41 Å². The van der Waals surface area contributed by atoms with Crippen molar-refractivity contribution in [2.24, 2.45) is 58.2 Å². The van der Waals surface area contributed by atoms with Crippen molar-refractivity contribution in [2.75, 3.05) is 0 Å². The second-order valence-electron chi connectivity index (χ2n) is 14.7. The first-order valence-corrected chi connectivity index (χ1v) is 15.3. The van der Waals surface area contributed by atoms with E-state index in [0.717, 1.165) is 52.6 Å². The van der Waals surface area contributed by atoms with E-state index in [4.69, 9.17) is 0 Å². The number of nitrogens with zero attached hydrogens (tertiary/aromatic N) is 2. The lowest BCUT2D eigenvalue weighted by atomic mass is 9.44. The molecular weight excluding hydrogens is 452 g/mol. The molecular formula is C34H50N2O. The molecule has 0 aliphatic heterocycles. The van der Waals surface area contributed by atoms with Gasteiger partial charge in [-0.1, -0.05) is 45.6 Å². The number of allylic oxidation sites excluding steroid dienone is 3. The van der Waals surface area contributed by atoms with Gasteiger partial charge >= 0.3 is 0 Å². The second-order valence-corrected chi connectivity index (χ2v) is 14.7. The van der Waals surface area contributed by atoms with Crippen LogP contribution in [0.3, 0.4) is 0 Å². The summed E-state index contributed by atoms with van der Waals surface area (Å²) in [6, 6.07) is 0. The van der Waals surface area contributed by atoms with Crippen LogP contribution in [-0.2, 0) is 6.54 Å². The molecule has 2 unspecified atom stereocenters. The molecule has 37 heavy (non-hydrogen) atoms. The third-order valence-electron chi connectivity index (χ3n) is 12.6. The third-order valence-corrected chi connectivity index (χ3v) is 12.6. The Balaban J connectivity index is 1.29. The van der Waals surface area contributed by atoms with Crippen LogP contribution in [0, 0.1) is 58.2 Å². The van der Waals surface area contributed by atoms with E-state index in [1.165, 1.54) is 64.2 Å². The Bertz CT molecular complexity index is 1060. The summed E-state index contributed by atoms with van der Waals surface area (Å²) in [6.07, 6.45) is 21.6. The molecule has 5 saturated carbocycles. The van der Waals surface area contributed by atoms with Gasteiger partial charge in [-0.15, -0.1) is 6.58 Å². The Morgan fingerprint density at radius 3 is 2.59 bits per heavy atom. The topological polar surface area (TPSA) is 38.0 Å². The number of rotatable bonds is 7. The first kappa shape index (κ1) is 25.7. The zero-order valence-corrected chi connectivity index (χ0v) is 23.7. The standard InChI is InChI=1S/C34H50N2O/c1-7-23(4)25-19-35-36(20-25)21-33(6,37)30-17-28(24-10-11-24)31-27-14-16-34(8-2)18-22(3)9-12-29(34)26(27)13-15-32(30,31)5/h7-8,19-20,22,24,26-31,37H,1-2,4,9-18,21H2,3,5-6H3/t22-,26?,27+,28-,29+,30-,31?,32+,33-,34+/m0/s1. The van der Waals surface area contributed by atoms with Crippen LogP contribution in [0.4, 0.5) is 0 Å². The van der Waals surface area contributed by atoms with Crippen molar-refractivity contribution >= 4 is 5.57 Å². The summed E-state index contributed by atoms with van der Waals surface area (Å²) in [7, 11) is 0. The SMILES string of the molecule is C=CC(=C)c1cnn(C[C@](C)(O)[C@H]2C[C@@H](C3CC3)C3[C@@H]4CC[C@]5(C=C)C[C@@H](C)CC[C@@H]5C4CC[C@@]32C)c1. The minimum Gasteiger partial charge on any atom is -0.388 e. The molecule has 6 rings (SSSR count). The lowest BCUT2D eigenvalue weighted by Crippen LogP contribution is -2.55. The fraction of sp³-hybridized carbons (Fsp3) is 0.735. The maximum absolute atomic E-state index is 12.2. The van der Waals surface area contributed by atoms with E-state index in [0.29, 0.717) is 17.9 Å². The summed E-state index contributed by atoms with van der Waals surface area (Å²) < 4.78 is 1.95. The van der Waals surface area contributed by atoms with Crippen molar-refractivity contribution in [3.8, 4) is 0 Å². The molecule has 1 aromatic heterocycles. The first-order valence-electron chi connectivity index (χ1n) is 15.3. The van der Waals surface area contributed by atoms with Crippen LogP contribution >= 0.6 is 0 Å². The molecule has 10 atom stereocenters. The molecule has 3 nitrogen and oxygen atoms in total. The van der Waals surface area contributed by atoms with E-state index in [1.54, 1.807) is 6.08 Å². The summed E-state index contributed by atoms with van der Waals surface area (Å²) in [5, 5.41) is 16.8. The molecule has 1 N–H and O–H groups in total. The summed E-state index contributed by atoms with van der Waals surface area (Å²) in [5.41, 5.74) is 1.71. The number of fused-ring (bicyclic) bond motifs is 5. The Kier molecular flexibility index (Phi) is 6.22. The summed E-state index contributed by atoms with van der Waals surface area (Å²) in [5.74, 6) is 6.16. The van der Waals surface area contributed by atoms with Crippen molar-refractivity contribution in [3.05, 3.63) is 49.8 Å². The molecule has 0 spiro atoms. The molecule has 5 aliphatic rings. The molecule has 5 aliphatic carbocycles. The fourth-order valence-electron chi connectivity index (χ4n) is 10.9. The predicted molar refractivity (Wildman–Crippen MR) is 153 cm³/mol. The predicted octanol–water partition coefficient (Wildman–Crippen LogP) is 7.93. The van der Waals surface area contributed by atoms with Gasteiger partial charge in [0.2, 0.25) is 0 Å². The number of aliphatic hydroxyl groups is 1. The largest absolute Gasteiger partial charge is 0.388 e.